The van der Waals surface area contributed by atoms with Crippen LogP contribution in [-0.4, -0.2) is 36.3 Å². The highest BCUT2D eigenvalue weighted by Crippen LogP contribution is 2.30. The lowest BCUT2D eigenvalue weighted by Gasteiger charge is -2.26. The molecule has 0 amide bonds. The van der Waals surface area contributed by atoms with Crippen LogP contribution >= 0.6 is 15.9 Å². The van der Waals surface area contributed by atoms with Crippen molar-refractivity contribution in [3.8, 4) is 0 Å². The van der Waals surface area contributed by atoms with Crippen LogP contribution in [0, 0.1) is 0 Å². The third-order valence-corrected chi connectivity index (χ3v) is 3.90. The Morgan fingerprint density at radius 3 is 2.68 bits per heavy atom. The molecule has 1 saturated heterocycles. The van der Waals surface area contributed by atoms with Crippen LogP contribution in [0.3, 0.4) is 0 Å². The summed E-state index contributed by atoms with van der Waals surface area (Å²) in [6, 6.07) is 1.77. The Bertz CT molecular complexity index is 868. The summed E-state index contributed by atoms with van der Waals surface area (Å²) >= 11 is 3.46. The topological polar surface area (TPSA) is 91.3 Å². The highest BCUT2D eigenvalue weighted by Gasteiger charge is 2.18. The van der Waals surface area contributed by atoms with Gasteiger partial charge >= 0.3 is 5.69 Å². The molecule has 0 radical (unpaired) electrons. The zero-order valence-corrected chi connectivity index (χ0v) is 13.2. The number of rotatable bonds is 2. The average Bonchev–Trinajstić information content (AvgIpc) is 2.84. The van der Waals surface area contributed by atoms with Gasteiger partial charge in [0.05, 0.1) is 22.9 Å². The fraction of sp³-hybridized carbons (Fsp3) is 0.286. The van der Waals surface area contributed by atoms with Crippen molar-refractivity contribution in [2.45, 2.75) is 0 Å². The van der Waals surface area contributed by atoms with Gasteiger partial charge in [0.2, 0.25) is 5.88 Å². The first-order valence-electron chi connectivity index (χ1n) is 6.70. The third-order valence-electron chi connectivity index (χ3n) is 3.33. The molecule has 0 aromatic carbocycles. The van der Waals surface area contributed by atoms with E-state index in [4.69, 9.17) is 9.15 Å². The molecule has 0 spiro atoms. The van der Waals surface area contributed by atoms with Crippen LogP contribution in [-0.2, 0) is 4.74 Å². The van der Waals surface area contributed by atoms with E-state index in [1.54, 1.807) is 12.1 Å². The first kappa shape index (κ1) is 14.9. The van der Waals surface area contributed by atoms with Gasteiger partial charge in [0.1, 0.15) is 5.76 Å². The molecule has 0 bridgehead atoms. The summed E-state index contributed by atoms with van der Waals surface area (Å²) in [7, 11) is 0. The average molecular weight is 368 g/mol. The highest BCUT2D eigenvalue weighted by molar-refractivity contribution is 9.10. The summed E-state index contributed by atoms with van der Waals surface area (Å²) in [6.45, 7) is 6.45. The zero-order valence-electron chi connectivity index (χ0n) is 11.6. The number of ether oxygens (including phenoxy) is 1. The summed E-state index contributed by atoms with van der Waals surface area (Å²) in [6.07, 6.45) is 1.55. The van der Waals surface area contributed by atoms with Crippen molar-refractivity contribution in [3.63, 3.8) is 0 Å². The second kappa shape index (κ2) is 5.98. The number of morpholine rings is 1. The largest absolute Gasteiger partial charge is 0.440 e. The number of H-pyrrole nitrogens is 2. The Kier molecular flexibility index (Phi) is 4.04. The minimum absolute atomic E-state index is 0.245. The summed E-state index contributed by atoms with van der Waals surface area (Å²) in [5.74, 6) is 1.19. The Morgan fingerprint density at radius 2 is 2.00 bits per heavy atom. The summed E-state index contributed by atoms with van der Waals surface area (Å²) < 4.78 is 11.9. The number of furan rings is 1. The van der Waals surface area contributed by atoms with Crippen LogP contribution in [0.25, 0.3) is 12.7 Å². The standard InChI is InChI=1S/C14H14BrN3O4/c1-8-10(12(19)17-14(20)16-8)6-9-7-11(15)13(22-9)18-2-4-21-5-3-18/h6-7H,1-5H2,(H2,16,17,19,20)/b10-6-. The van der Waals surface area contributed by atoms with Crippen molar-refractivity contribution in [1.82, 2.24) is 9.97 Å². The van der Waals surface area contributed by atoms with Crippen molar-refractivity contribution in [3.05, 3.63) is 47.7 Å². The van der Waals surface area contributed by atoms with Gasteiger partial charge in [-0.1, -0.05) is 6.58 Å². The molecule has 2 aromatic heterocycles. The fourth-order valence-corrected chi connectivity index (χ4v) is 2.83. The number of hydrogen-bond donors (Lipinski definition) is 2. The van der Waals surface area contributed by atoms with Gasteiger partial charge in [-0.3, -0.25) is 9.78 Å². The quantitative estimate of drug-likeness (QED) is 0.746. The molecule has 1 aliphatic rings. The minimum Gasteiger partial charge on any atom is -0.440 e. The Labute approximate surface area is 133 Å². The summed E-state index contributed by atoms with van der Waals surface area (Å²) in [5.41, 5.74) is -1.09. The molecule has 2 aromatic rings. The van der Waals surface area contributed by atoms with Crippen LogP contribution in [0.15, 0.2) is 24.5 Å². The van der Waals surface area contributed by atoms with Gasteiger partial charge in [0.25, 0.3) is 5.56 Å². The zero-order chi connectivity index (χ0) is 15.7. The lowest BCUT2D eigenvalue weighted by molar-refractivity contribution is 0.120. The number of anilines is 1. The number of nitrogens with zero attached hydrogens (tertiary/aromatic N) is 1. The third kappa shape index (κ3) is 2.93. The first-order chi connectivity index (χ1) is 10.5. The van der Waals surface area contributed by atoms with E-state index in [2.05, 4.69) is 37.4 Å². The lowest BCUT2D eigenvalue weighted by atomic mass is 10.3. The molecule has 0 atom stereocenters. The monoisotopic (exact) mass is 367 g/mol. The van der Waals surface area contributed by atoms with Gasteiger partial charge in [-0.15, -0.1) is 0 Å². The van der Waals surface area contributed by atoms with Gasteiger partial charge < -0.3 is 19.0 Å². The molecule has 7 nitrogen and oxygen atoms in total. The number of aromatic nitrogens is 2. The molecule has 1 aliphatic heterocycles. The molecule has 1 fully saturated rings. The number of hydrogen-bond acceptors (Lipinski definition) is 5. The molecule has 116 valence electrons. The first-order valence-corrected chi connectivity index (χ1v) is 7.49. The van der Waals surface area contributed by atoms with Crippen molar-refractivity contribution < 1.29 is 9.15 Å². The van der Waals surface area contributed by atoms with Gasteiger partial charge in [-0.2, -0.15) is 0 Å². The number of halogens is 1. The second-order valence-corrected chi connectivity index (χ2v) is 5.70. The van der Waals surface area contributed by atoms with E-state index in [0.717, 1.165) is 17.6 Å². The van der Waals surface area contributed by atoms with E-state index < -0.39 is 11.2 Å². The summed E-state index contributed by atoms with van der Waals surface area (Å²) in [4.78, 5) is 29.7. The van der Waals surface area contributed by atoms with Gasteiger partial charge in [-0.25, -0.2) is 4.79 Å². The molecule has 22 heavy (non-hydrogen) atoms. The fourth-order valence-electron chi connectivity index (χ4n) is 2.27. The van der Waals surface area contributed by atoms with Gasteiger partial charge in [0, 0.05) is 24.5 Å². The van der Waals surface area contributed by atoms with Crippen molar-refractivity contribution >= 4 is 34.5 Å². The van der Waals surface area contributed by atoms with E-state index in [1.165, 1.54) is 0 Å². The second-order valence-electron chi connectivity index (χ2n) is 4.85. The van der Waals surface area contributed by atoms with Crippen LogP contribution < -0.4 is 26.7 Å². The molecular formula is C14H14BrN3O4. The maximum Gasteiger partial charge on any atom is 0.326 e. The smallest absolute Gasteiger partial charge is 0.326 e. The normalized spacial score (nSPS) is 16.2. The molecule has 3 heterocycles. The molecule has 0 unspecified atom stereocenters. The predicted octanol–water partition coefficient (Wildman–Crippen LogP) is -0.506. The minimum atomic E-state index is -0.582. The number of nitrogens with one attached hydrogen (secondary N) is 2. The maximum atomic E-state index is 11.8. The van der Waals surface area contributed by atoms with Crippen LogP contribution in [0.1, 0.15) is 5.76 Å². The Hall–Kier alpha value is -2.06. The lowest BCUT2D eigenvalue weighted by Crippen LogP contribution is -2.47. The van der Waals surface area contributed by atoms with E-state index >= 15 is 0 Å². The van der Waals surface area contributed by atoms with Gasteiger partial charge in [0.15, 0.2) is 0 Å². The molecule has 3 rings (SSSR count). The Balaban J connectivity index is 2.04. The highest BCUT2D eigenvalue weighted by atomic mass is 79.9. The molecule has 0 aliphatic carbocycles. The van der Waals surface area contributed by atoms with Gasteiger partial charge in [-0.05, 0) is 22.0 Å². The number of aromatic amines is 2. The van der Waals surface area contributed by atoms with E-state index in [-0.39, 0.29) is 10.6 Å². The maximum absolute atomic E-state index is 11.8. The molecule has 8 heteroatoms. The predicted molar refractivity (Wildman–Crippen MR) is 85.5 cm³/mol. The summed E-state index contributed by atoms with van der Waals surface area (Å²) in [5, 5.41) is 0.503. The van der Waals surface area contributed by atoms with Crippen LogP contribution in [0.4, 0.5) is 5.88 Å². The van der Waals surface area contributed by atoms with Crippen molar-refractivity contribution in [2.24, 2.45) is 0 Å². The van der Waals surface area contributed by atoms with Crippen molar-refractivity contribution in [1.29, 1.82) is 0 Å². The van der Waals surface area contributed by atoms with Crippen LogP contribution in [0.5, 0.6) is 0 Å². The molecule has 2 N–H and O–H groups in total. The molecular weight excluding hydrogens is 354 g/mol. The van der Waals surface area contributed by atoms with E-state index in [0.29, 0.717) is 24.9 Å². The van der Waals surface area contributed by atoms with E-state index in [1.807, 2.05) is 0 Å². The van der Waals surface area contributed by atoms with E-state index in [9.17, 15) is 9.59 Å². The van der Waals surface area contributed by atoms with Crippen LogP contribution in [0.2, 0.25) is 0 Å². The van der Waals surface area contributed by atoms with Crippen molar-refractivity contribution in [2.75, 3.05) is 31.2 Å². The SMILES string of the molecule is C=c1[nH]c(=O)[nH]c(=O)/c1=C\c1cc(Br)c(N2CCOCC2)o1. The molecule has 0 saturated carbocycles. The Morgan fingerprint density at radius 1 is 1.27 bits per heavy atom.